The number of benzene rings is 2. The molecule has 0 saturated carbocycles. The van der Waals surface area contributed by atoms with Gasteiger partial charge in [0.05, 0.1) is 6.04 Å². The van der Waals surface area contributed by atoms with Gasteiger partial charge in [-0.25, -0.2) is 0 Å². The topological polar surface area (TPSA) is 41.1 Å². The van der Waals surface area contributed by atoms with Crippen molar-refractivity contribution in [2.75, 3.05) is 12.4 Å². The zero-order valence-electron chi connectivity index (χ0n) is 12.2. The summed E-state index contributed by atoms with van der Waals surface area (Å²) in [6.45, 7) is 0. The van der Waals surface area contributed by atoms with Gasteiger partial charge in [-0.05, 0) is 42.6 Å². The van der Waals surface area contributed by atoms with Crippen LogP contribution in [-0.4, -0.2) is 13.0 Å². The van der Waals surface area contributed by atoms with E-state index in [1.54, 1.807) is 0 Å². The molecule has 3 nitrogen and oxygen atoms in total. The first kappa shape index (κ1) is 13.8. The normalized spacial score (nSPS) is 15.8. The van der Waals surface area contributed by atoms with Crippen molar-refractivity contribution in [3.05, 3.63) is 65.2 Å². The van der Waals surface area contributed by atoms with Crippen LogP contribution < -0.4 is 10.6 Å². The average molecular weight is 280 g/mol. The molecular weight excluding hydrogens is 260 g/mol. The van der Waals surface area contributed by atoms with Crippen LogP contribution in [0.5, 0.6) is 0 Å². The number of anilines is 1. The van der Waals surface area contributed by atoms with E-state index in [4.69, 9.17) is 0 Å². The number of nitrogens with one attached hydrogen (secondary N) is 2. The van der Waals surface area contributed by atoms with Gasteiger partial charge in [-0.15, -0.1) is 0 Å². The minimum absolute atomic E-state index is 0.120. The van der Waals surface area contributed by atoms with Crippen molar-refractivity contribution in [3.63, 3.8) is 0 Å². The van der Waals surface area contributed by atoms with Gasteiger partial charge in [0.2, 0.25) is 5.91 Å². The standard InChI is InChI=1S/C18H20N2O/c1-19-18(13-6-3-2-4-7-13)15-10-11-16-14(12-15)8-5-9-17(21)20-16/h2-4,6-7,10-12,18-19H,5,8-9H2,1H3,(H,20,21). The molecule has 1 atom stereocenters. The monoisotopic (exact) mass is 280 g/mol. The minimum atomic E-state index is 0.120. The van der Waals surface area contributed by atoms with Gasteiger partial charge in [-0.3, -0.25) is 4.79 Å². The van der Waals surface area contributed by atoms with Gasteiger partial charge in [0.1, 0.15) is 0 Å². The molecule has 0 radical (unpaired) electrons. The van der Waals surface area contributed by atoms with E-state index in [1.165, 1.54) is 16.7 Å². The highest BCUT2D eigenvalue weighted by Crippen LogP contribution is 2.28. The van der Waals surface area contributed by atoms with Crippen LogP contribution in [0.3, 0.4) is 0 Å². The average Bonchev–Trinajstić information content (AvgIpc) is 2.69. The van der Waals surface area contributed by atoms with Crippen molar-refractivity contribution in [2.45, 2.75) is 25.3 Å². The summed E-state index contributed by atoms with van der Waals surface area (Å²) in [7, 11) is 1.98. The summed E-state index contributed by atoms with van der Waals surface area (Å²) in [5.74, 6) is 0.120. The van der Waals surface area contributed by atoms with Crippen LogP contribution in [0.4, 0.5) is 5.69 Å². The predicted molar refractivity (Wildman–Crippen MR) is 85.4 cm³/mol. The van der Waals surface area contributed by atoms with Gasteiger partial charge in [-0.1, -0.05) is 42.5 Å². The molecule has 1 amide bonds. The first-order valence-corrected chi connectivity index (χ1v) is 7.43. The Hall–Kier alpha value is -2.13. The zero-order chi connectivity index (χ0) is 14.7. The smallest absolute Gasteiger partial charge is 0.224 e. The van der Waals surface area contributed by atoms with E-state index >= 15 is 0 Å². The lowest BCUT2D eigenvalue weighted by molar-refractivity contribution is -0.116. The number of fused-ring (bicyclic) bond motifs is 1. The molecule has 1 aliphatic heterocycles. The quantitative estimate of drug-likeness (QED) is 0.906. The van der Waals surface area contributed by atoms with Crippen molar-refractivity contribution in [1.82, 2.24) is 5.32 Å². The van der Waals surface area contributed by atoms with Crippen molar-refractivity contribution in [2.24, 2.45) is 0 Å². The molecule has 1 heterocycles. The number of aryl methyl sites for hydroxylation is 1. The molecular formula is C18H20N2O. The zero-order valence-corrected chi connectivity index (χ0v) is 12.2. The van der Waals surface area contributed by atoms with Gasteiger partial charge in [-0.2, -0.15) is 0 Å². The fourth-order valence-electron chi connectivity index (χ4n) is 2.95. The van der Waals surface area contributed by atoms with E-state index in [2.05, 4.69) is 47.0 Å². The maximum atomic E-state index is 11.6. The highest BCUT2D eigenvalue weighted by Gasteiger charge is 2.16. The summed E-state index contributed by atoms with van der Waals surface area (Å²) in [6.07, 6.45) is 2.48. The molecule has 108 valence electrons. The molecule has 0 aliphatic carbocycles. The predicted octanol–water partition coefficient (Wildman–Crippen LogP) is 3.27. The van der Waals surface area contributed by atoms with E-state index < -0.39 is 0 Å². The number of hydrogen-bond donors (Lipinski definition) is 2. The molecule has 2 N–H and O–H groups in total. The SMILES string of the molecule is CNC(c1ccccc1)c1ccc2c(c1)CCCC(=O)N2. The Morgan fingerprint density at radius 2 is 1.86 bits per heavy atom. The van der Waals surface area contributed by atoms with Gasteiger partial charge in [0.25, 0.3) is 0 Å². The van der Waals surface area contributed by atoms with E-state index in [-0.39, 0.29) is 11.9 Å². The molecule has 0 bridgehead atoms. The van der Waals surface area contributed by atoms with Crippen LogP contribution in [0.1, 0.15) is 35.6 Å². The summed E-state index contributed by atoms with van der Waals surface area (Å²) in [4.78, 5) is 11.6. The number of rotatable bonds is 3. The van der Waals surface area contributed by atoms with Crippen LogP contribution in [0.2, 0.25) is 0 Å². The molecule has 0 spiro atoms. The van der Waals surface area contributed by atoms with Gasteiger partial charge >= 0.3 is 0 Å². The van der Waals surface area contributed by atoms with E-state index in [0.29, 0.717) is 6.42 Å². The number of hydrogen-bond acceptors (Lipinski definition) is 2. The molecule has 3 rings (SSSR count). The Morgan fingerprint density at radius 1 is 1.05 bits per heavy atom. The van der Waals surface area contributed by atoms with Gasteiger partial charge in [0, 0.05) is 12.1 Å². The largest absolute Gasteiger partial charge is 0.326 e. The summed E-state index contributed by atoms with van der Waals surface area (Å²) in [5, 5.41) is 6.37. The lowest BCUT2D eigenvalue weighted by Gasteiger charge is -2.19. The van der Waals surface area contributed by atoms with Crippen LogP contribution in [0.15, 0.2) is 48.5 Å². The first-order valence-electron chi connectivity index (χ1n) is 7.43. The second kappa shape index (κ2) is 6.10. The lowest BCUT2D eigenvalue weighted by Crippen LogP contribution is -2.18. The van der Waals surface area contributed by atoms with Crippen LogP contribution in [-0.2, 0) is 11.2 Å². The van der Waals surface area contributed by atoms with Crippen molar-refractivity contribution < 1.29 is 4.79 Å². The third kappa shape index (κ3) is 2.98. The minimum Gasteiger partial charge on any atom is -0.326 e. The lowest BCUT2D eigenvalue weighted by atomic mass is 9.95. The highest BCUT2D eigenvalue weighted by atomic mass is 16.1. The first-order chi connectivity index (χ1) is 10.3. The second-order valence-corrected chi connectivity index (χ2v) is 5.45. The summed E-state index contributed by atoms with van der Waals surface area (Å²) in [5.41, 5.74) is 4.68. The van der Waals surface area contributed by atoms with Crippen LogP contribution in [0, 0.1) is 0 Å². The maximum Gasteiger partial charge on any atom is 0.224 e. The van der Waals surface area contributed by atoms with E-state index in [1.807, 2.05) is 19.2 Å². The highest BCUT2D eigenvalue weighted by molar-refractivity contribution is 5.92. The Labute approximate surface area is 125 Å². The maximum absolute atomic E-state index is 11.6. The second-order valence-electron chi connectivity index (χ2n) is 5.45. The fourth-order valence-corrected chi connectivity index (χ4v) is 2.95. The molecule has 21 heavy (non-hydrogen) atoms. The molecule has 0 saturated heterocycles. The van der Waals surface area contributed by atoms with Crippen molar-refractivity contribution in [3.8, 4) is 0 Å². The van der Waals surface area contributed by atoms with Crippen molar-refractivity contribution >= 4 is 11.6 Å². The molecule has 2 aromatic carbocycles. The third-order valence-corrected chi connectivity index (χ3v) is 4.01. The molecule has 2 aromatic rings. The van der Waals surface area contributed by atoms with E-state index in [9.17, 15) is 4.79 Å². The van der Waals surface area contributed by atoms with Crippen molar-refractivity contribution in [1.29, 1.82) is 0 Å². The fraction of sp³-hybridized carbons (Fsp3) is 0.278. The molecule has 3 heteroatoms. The van der Waals surface area contributed by atoms with E-state index in [0.717, 1.165) is 18.5 Å². The Kier molecular flexibility index (Phi) is 4.02. The Balaban J connectivity index is 1.95. The summed E-state index contributed by atoms with van der Waals surface area (Å²) in [6, 6.07) is 16.9. The summed E-state index contributed by atoms with van der Waals surface area (Å²) < 4.78 is 0. The number of carbonyl (C=O) groups is 1. The third-order valence-electron chi connectivity index (χ3n) is 4.01. The Bertz CT molecular complexity index is 637. The number of amides is 1. The molecule has 1 unspecified atom stereocenters. The molecule has 0 fully saturated rings. The molecule has 0 aromatic heterocycles. The van der Waals surface area contributed by atoms with Crippen LogP contribution in [0.25, 0.3) is 0 Å². The summed E-state index contributed by atoms with van der Waals surface area (Å²) >= 11 is 0. The van der Waals surface area contributed by atoms with Crippen LogP contribution >= 0.6 is 0 Å². The van der Waals surface area contributed by atoms with Gasteiger partial charge < -0.3 is 10.6 Å². The number of carbonyl (C=O) groups excluding carboxylic acids is 1. The van der Waals surface area contributed by atoms with Gasteiger partial charge in [0.15, 0.2) is 0 Å². The Morgan fingerprint density at radius 3 is 2.62 bits per heavy atom. The molecule has 1 aliphatic rings.